The largest absolute Gasteiger partial charge is 0.486 e. The third-order valence-electron chi connectivity index (χ3n) is 4.28. The Labute approximate surface area is 139 Å². The van der Waals surface area contributed by atoms with Crippen molar-refractivity contribution in [1.29, 1.82) is 0 Å². The van der Waals surface area contributed by atoms with Crippen LogP contribution in [0.5, 0.6) is 5.75 Å². The molecule has 0 radical (unpaired) electrons. The Kier molecular flexibility index (Phi) is 3.73. The van der Waals surface area contributed by atoms with E-state index in [9.17, 15) is 8.42 Å². The number of rotatable bonds is 4. The van der Waals surface area contributed by atoms with E-state index in [1.54, 1.807) is 24.3 Å². The number of sulfone groups is 1. The highest BCUT2D eigenvalue weighted by Gasteiger charge is 2.31. The van der Waals surface area contributed by atoms with Crippen molar-refractivity contribution in [3.05, 3.63) is 30.1 Å². The summed E-state index contributed by atoms with van der Waals surface area (Å²) in [5.74, 6) is 1.81. The van der Waals surface area contributed by atoms with Crippen molar-refractivity contribution in [1.82, 2.24) is 9.36 Å². The van der Waals surface area contributed by atoms with E-state index in [0.717, 1.165) is 23.8 Å². The molecule has 1 atom stereocenters. The first-order valence-electron chi connectivity index (χ1n) is 7.68. The number of nitrogens with one attached hydrogen (secondary N) is 1. The van der Waals surface area contributed by atoms with E-state index >= 15 is 0 Å². The minimum Gasteiger partial charge on any atom is -0.486 e. The normalized spacial score (nSPS) is 22.7. The summed E-state index contributed by atoms with van der Waals surface area (Å²) < 4.78 is 34.8. The highest BCUT2D eigenvalue weighted by atomic mass is 32.2. The van der Waals surface area contributed by atoms with Gasteiger partial charge in [-0.2, -0.15) is 4.37 Å². The lowest BCUT2D eigenvalue weighted by Gasteiger charge is -2.26. The molecule has 1 aromatic heterocycles. The van der Waals surface area contributed by atoms with Crippen LogP contribution in [0.2, 0.25) is 0 Å². The Hall–Kier alpha value is -1.67. The molecule has 1 N–H and O–H groups in total. The standard InChI is InChI=1S/C15H17N3O3S2/c19-23(20)9-11(21-12-6-1-2-7-13(12)23)8-16-15-17-14(18-22-15)10-4-3-5-10/h1-2,6-7,10-11H,3-5,8-9H2,(H,16,17,18). The molecule has 1 saturated carbocycles. The van der Waals surface area contributed by atoms with Crippen LogP contribution in [-0.2, 0) is 9.84 Å². The fraction of sp³-hybridized carbons (Fsp3) is 0.467. The van der Waals surface area contributed by atoms with Crippen LogP contribution in [0.25, 0.3) is 0 Å². The number of benzene rings is 1. The molecular formula is C15H17N3O3S2. The maximum absolute atomic E-state index is 12.3. The lowest BCUT2D eigenvalue weighted by atomic mass is 9.85. The number of ether oxygens (including phenoxy) is 1. The van der Waals surface area contributed by atoms with Crippen LogP contribution in [-0.4, -0.2) is 36.2 Å². The van der Waals surface area contributed by atoms with Crippen molar-refractivity contribution in [3.8, 4) is 5.75 Å². The molecule has 1 aromatic carbocycles. The topological polar surface area (TPSA) is 81.2 Å². The summed E-state index contributed by atoms with van der Waals surface area (Å²) in [6.07, 6.45) is 3.15. The smallest absolute Gasteiger partial charge is 0.202 e. The molecule has 1 aliphatic carbocycles. The molecule has 23 heavy (non-hydrogen) atoms. The van der Waals surface area contributed by atoms with Gasteiger partial charge >= 0.3 is 0 Å². The Balaban J connectivity index is 1.43. The van der Waals surface area contributed by atoms with Crippen LogP contribution in [0.15, 0.2) is 29.2 Å². The summed E-state index contributed by atoms with van der Waals surface area (Å²) in [7, 11) is -3.30. The van der Waals surface area contributed by atoms with Gasteiger partial charge in [0.05, 0.1) is 12.3 Å². The molecule has 0 amide bonds. The first-order chi connectivity index (χ1) is 11.1. The van der Waals surface area contributed by atoms with Crippen molar-refractivity contribution in [3.63, 3.8) is 0 Å². The van der Waals surface area contributed by atoms with Crippen LogP contribution >= 0.6 is 11.5 Å². The van der Waals surface area contributed by atoms with E-state index in [1.807, 2.05) is 0 Å². The molecule has 0 saturated heterocycles. The molecule has 2 aromatic rings. The predicted molar refractivity (Wildman–Crippen MR) is 87.9 cm³/mol. The second-order valence-corrected chi connectivity index (χ2v) is 8.69. The SMILES string of the molecule is O=S1(=O)CC(CNc2nc(C3CCC3)ns2)Oc2ccccc21. The highest BCUT2D eigenvalue weighted by molar-refractivity contribution is 7.91. The van der Waals surface area contributed by atoms with E-state index in [0.29, 0.717) is 18.2 Å². The second kappa shape index (κ2) is 5.76. The van der Waals surface area contributed by atoms with E-state index in [2.05, 4.69) is 14.7 Å². The number of anilines is 1. The van der Waals surface area contributed by atoms with Crippen molar-refractivity contribution in [2.24, 2.45) is 0 Å². The van der Waals surface area contributed by atoms with Crippen molar-refractivity contribution in [2.45, 2.75) is 36.2 Å². The summed E-state index contributed by atoms with van der Waals surface area (Å²) in [5.41, 5.74) is 0. The van der Waals surface area contributed by atoms with Crippen LogP contribution in [0, 0.1) is 0 Å². The fourth-order valence-electron chi connectivity index (χ4n) is 2.79. The Morgan fingerprint density at radius 1 is 1.30 bits per heavy atom. The second-order valence-electron chi connectivity index (χ2n) is 5.93. The molecule has 1 fully saturated rings. The van der Waals surface area contributed by atoms with Gasteiger partial charge in [-0.25, -0.2) is 13.4 Å². The average Bonchev–Trinajstić information content (AvgIpc) is 2.91. The first kappa shape index (κ1) is 14.9. The molecule has 2 aliphatic rings. The molecule has 4 rings (SSSR count). The van der Waals surface area contributed by atoms with Gasteiger partial charge in [-0.15, -0.1) is 0 Å². The van der Waals surface area contributed by atoms with Gasteiger partial charge < -0.3 is 10.1 Å². The Morgan fingerprint density at radius 2 is 2.13 bits per heavy atom. The minimum atomic E-state index is -3.30. The summed E-state index contributed by atoms with van der Waals surface area (Å²) in [5, 5.41) is 3.89. The quantitative estimate of drug-likeness (QED) is 0.911. The monoisotopic (exact) mass is 351 g/mol. The third kappa shape index (κ3) is 2.92. The fourth-order valence-corrected chi connectivity index (χ4v) is 5.01. The van der Waals surface area contributed by atoms with Gasteiger partial charge in [0.2, 0.25) is 5.13 Å². The zero-order valence-electron chi connectivity index (χ0n) is 12.4. The number of hydrogen-bond acceptors (Lipinski definition) is 7. The Bertz CT molecular complexity index is 815. The van der Waals surface area contributed by atoms with Gasteiger partial charge in [-0.3, -0.25) is 0 Å². The number of fused-ring (bicyclic) bond motifs is 1. The van der Waals surface area contributed by atoms with Gasteiger partial charge in [0, 0.05) is 17.5 Å². The molecule has 1 unspecified atom stereocenters. The van der Waals surface area contributed by atoms with Crippen LogP contribution in [0.4, 0.5) is 5.13 Å². The van der Waals surface area contributed by atoms with Gasteiger partial charge in [0.1, 0.15) is 22.6 Å². The number of aromatic nitrogens is 2. The summed E-state index contributed by atoms with van der Waals surface area (Å²) >= 11 is 1.32. The maximum atomic E-state index is 12.3. The molecule has 1 aliphatic heterocycles. The lowest BCUT2D eigenvalue weighted by Crippen LogP contribution is -2.37. The number of nitrogens with zero attached hydrogens (tertiary/aromatic N) is 2. The minimum absolute atomic E-state index is 0.0225. The molecular weight excluding hydrogens is 334 g/mol. The summed E-state index contributed by atoms with van der Waals surface area (Å²) in [6, 6.07) is 6.77. The number of para-hydroxylation sites is 1. The van der Waals surface area contributed by atoms with E-state index in [1.165, 1.54) is 18.0 Å². The Morgan fingerprint density at radius 3 is 2.91 bits per heavy atom. The van der Waals surface area contributed by atoms with E-state index < -0.39 is 15.9 Å². The van der Waals surface area contributed by atoms with E-state index in [4.69, 9.17) is 4.74 Å². The van der Waals surface area contributed by atoms with Crippen LogP contribution in [0.1, 0.15) is 31.0 Å². The van der Waals surface area contributed by atoms with Gasteiger partial charge in [0.25, 0.3) is 0 Å². The summed E-state index contributed by atoms with van der Waals surface area (Å²) in [6.45, 7) is 0.396. The molecule has 8 heteroatoms. The third-order valence-corrected chi connectivity index (χ3v) is 6.78. The zero-order valence-corrected chi connectivity index (χ0v) is 14.1. The maximum Gasteiger partial charge on any atom is 0.202 e. The van der Waals surface area contributed by atoms with Crippen molar-refractivity contribution < 1.29 is 13.2 Å². The lowest BCUT2D eigenvalue weighted by molar-refractivity contribution is 0.223. The van der Waals surface area contributed by atoms with E-state index in [-0.39, 0.29) is 10.6 Å². The van der Waals surface area contributed by atoms with Crippen molar-refractivity contribution in [2.75, 3.05) is 17.6 Å². The predicted octanol–water partition coefficient (Wildman–Crippen LogP) is 2.45. The van der Waals surface area contributed by atoms with Gasteiger partial charge in [-0.1, -0.05) is 18.6 Å². The number of hydrogen-bond donors (Lipinski definition) is 1. The molecule has 122 valence electrons. The van der Waals surface area contributed by atoms with Gasteiger partial charge in [0.15, 0.2) is 9.84 Å². The highest BCUT2D eigenvalue weighted by Crippen LogP contribution is 2.36. The first-order valence-corrected chi connectivity index (χ1v) is 10.1. The molecule has 2 heterocycles. The average molecular weight is 351 g/mol. The van der Waals surface area contributed by atoms with Crippen LogP contribution < -0.4 is 10.1 Å². The summed E-state index contributed by atoms with van der Waals surface area (Å²) in [4.78, 5) is 4.77. The molecule has 0 bridgehead atoms. The zero-order chi connectivity index (χ0) is 15.9. The van der Waals surface area contributed by atoms with Gasteiger partial charge in [-0.05, 0) is 25.0 Å². The van der Waals surface area contributed by atoms with Crippen LogP contribution in [0.3, 0.4) is 0 Å². The molecule has 0 spiro atoms. The van der Waals surface area contributed by atoms with Crippen molar-refractivity contribution >= 4 is 26.5 Å². The molecule has 6 nitrogen and oxygen atoms in total.